The number of esters is 1. The van der Waals surface area contributed by atoms with Gasteiger partial charge in [0.25, 0.3) is 5.91 Å². The number of carbonyl (C=O) groups excluding carboxylic acids is 3. The lowest BCUT2D eigenvalue weighted by Gasteiger charge is -2.39. The van der Waals surface area contributed by atoms with E-state index in [0.29, 0.717) is 30.0 Å². The third-order valence-electron chi connectivity index (χ3n) is 7.38. The van der Waals surface area contributed by atoms with Crippen LogP contribution in [-0.2, 0) is 23.9 Å². The van der Waals surface area contributed by atoms with Crippen LogP contribution in [0.15, 0.2) is 49.6 Å². The van der Waals surface area contributed by atoms with Gasteiger partial charge in [-0.05, 0) is 31.4 Å². The number of hydrogen-bond acceptors (Lipinski definition) is 6. The van der Waals surface area contributed by atoms with Crippen LogP contribution in [0.25, 0.3) is 0 Å². The van der Waals surface area contributed by atoms with E-state index in [9.17, 15) is 19.5 Å². The minimum atomic E-state index is -1.19. The van der Waals surface area contributed by atoms with Crippen molar-refractivity contribution in [1.29, 1.82) is 0 Å². The average molecular weight is 503 g/mol. The summed E-state index contributed by atoms with van der Waals surface area (Å²) in [7, 11) is 0. The molecule has 4 rings (SSSR count). The number of para-hydroxylation sites is 1. The molecule has 1 spiro atoms. The lowest BCUT2D eigenvalue weighted by molar-refractivity contribution is -0.154. The average Bonchev–Trinajstić information content (AvgIpc) is 3.50. The van der Waals surface area contributed by atoms with Crippen LogP contribution < -0.4 is 4.90 Å². The number of amides is 2. The van der Waals surface area contributed by atoms with Crippen molar-refractivity contribution >= 4 is 35.1 Å². The molecule has 0 saturated carbocycles. The number of aliphatic hydroxyl groups excluding tert-OH is 1. The molecule has 1 aromatic carbocycles. The number of fused-ring (bicyclic) bond motifs is 1. The predicted octanol–water partition coefficient (Wildman–Crippen LogP) is 2.73. The molecule has 3 heterocycles. The van der Waals surface area contributed by atoms with Gasteiger partial charge in [-0.25, -0.2) is 0 Å². The van der Waals surface area contributed by atoms with E-state index in [0.717, 1.165) is 0 Å². The van der Waals surface area contributed by atoms with E-state index < -0.39 is 41.6 Å². The van der Waals surface area contributed by atoms with E-state index in [1.54, 1.807) is 30.3 Å². The van der Waals surface area contributed by atoms with Crippen molar-refractivity contribution in [2.45, 2.75) is 50.0 Å². The normalized spacial score (nSPS) is 29.6. The summed E-state index contributed by atoms with van der Waals surface area (Å²) in [5, 5.41) is 10.5. The van der Waals surface area contributed by atoms with Gasteiger partial charge in [0.2, 0.25) is 5.91 Å². The summed E-state index contributed by atoms with van der Waals surface area (Å²) in [6.07, 6.45) is 3.94. The minimum Gasteiger partial charge on any atom is -0.461 e. The Kier molecular flexibility index (Phi) is 7.35. The highest BCUT2D eigenvalue weighted by Crippen LogP contribution is 2.59. The number of anilines is 1. The number of ether oxygens (including phenoxy) is 2. The van der Waals surface area contributed by atoms with Gasteiger partial charge in [-0.1, -0.05) is 49.4 Å². The molecule has 3 aliphatic rings. The summed E-state index contributed by atoms with van der Waals surface area (Å²) in [5.74, 6) is -2.98. The van der Waals surface area contributed by atoms with Crippen molar-refractivity contribution in [2.75, 3.05) is 24.7 Å². The SMILES string of the molecule is C=CCOC(=O)[C@@H]1[C@H]2C(=O)N([C@@H](CC)CO)C(C(=O)N(CC=C)c3ccccc3Cl)C23CC[C@H]1O3. The number of nitrogens with zero attached hydrogens (tertiary/aromatic N) is 2. The molecule has 0 radical (unpaired) electrons. The third-order valence-corrected chi connectivity index (χ3v) is 7.70. The van der Waals surface area contributed by atoms with E-state index in [2.05, 4.69) is 13.2 Å². The fourth-order valence-corrected chi connectivity index (χ4v) is 6.17. The molecule has 9 heteroatoms. The Morgan fingerprint density at radius 1 is 1.37 bits per heavy atom. The van der Waals surface area contributed by atoms with Crippen LogP contribution in [-0.4, -0.2) is 71.3 Å². The van der Waals surface area contributed by atoms with Gasteiger partial charge in [0.05, 0.1) is 41.3 Å². The molecule has 0 aliphatic carbocycles. The van der Waals surface area contributed by atoms with Crippen LogP contribution in [0.4, 0.5) is 5.69 Å². The monoisotopic (exact) mass is 502 g/mol. The number of rotatable bonds is 10. The van der Waals surface area contributed by atoms with Gasteiger partial charge in [0.1, 0.15) is 18.2 Å². The van der Waals surface area contributed by atoms with E-state index in [1.807, 2.05) is 6.92 Å². The molecule has 0 aromatic heterocycles. The summed E-state index contributed by atoms with van der Waals surface area (Å²) in [6.45, 7) is 9.06. The Balaban J connectivity index is 1.81. The topological polar surface area (TPSA) is 96.4 Å². The van der Waals surface area contributed by atoms with Gasteiger partial charge in [-0.15, -0.1) is 6.58 Å². The molecule has 6 atom stereocenters. The Bertz CT molecular complexity index is 1030. The Labute approximate surface area is 210 Å². The summed E-state index contributed by atoms with van der Waals surface area (Å²) >= 11 is 6.44. The second kappa shape index (κ2) is 10.1. The smallest absolute Gasteiger partial charge is 0.312 e. The molecule has 35 heavy (non-hydrogen) atoms. The van der Waals surface area contributed by atoms with Crippen LogP contribution >= 0.6 is 11.6 Å². The standard InChI is InChI=1S/C26H31ClN2O6/c1-4-13-28(18-10-8-7-9-17(18)27)24(32)22-26-12-11-19(35-26)20(25(33)34-14-5-2)21(26)23(31)29(22)16(6-3)15-30/h4-5,7-10,16,19-22,30H,1-2,6,11-15H2,3H3/t16-,19+,20-,21-,22?,26?/m0/s1. The maximum absolute atomic E-state index is 14.3. The number of hydrogen-bond donors (Lipinski definition) is 1. The molecule has 188 valence electrons. The van der Waals surface area contributed by atoms with Crippen LogP contribution in [0.1, 0.15) is 26.2 Å². The fourth-order valence-electron chi connectivity index (χ4n) is 5.94. The molecular weight excluding hydrogens is 472 g/mol. The van der Waals surface area contributed by atoms with Gasteiger partial charge in [-0.2, -0.15) is 0 Å². The highest BCUT2D eigenvalue weighted by atomic mass is 35.5. The zero-order valence-electron chi connectivity index (χ0n) is 19.8. The molecule has 2 amide bonds. The van der Waals surface area contributed by atoms with Gasteiger partial charge in [0, 0.05) is 6.54 Å². The maximum Gasteiger partial charge on any atom is 0.312 e. The van der Waals surface area contributed by atoms with Gasteiger partial charge in [-0.3, -0.25) is 14.4 Å². The van der Waals surface area contributed by atoms with Crippen molar-refractivity contribution < 1.29 is 29.0 Å². The quantitative estimate of drug-likeness (QED) is 0.390. The Hall–Kier alpha value is -2.68. The number of halogens is 1. The fraction of sp³-hybridized carbons (Fsp3) is 0.500. The van der Waals surface area contributed by atoms with E-state index in [-0.39, 0.29) is 31.6 Å². The van der Waals surface area contributed by atoms with E-state index in [1.165, 1.54) is 15.9 Å². The first-order valence-corrected chi connectivity index (χ1v) is 12.3. The third kappa shape index (κ3) is 3.97. The van der Waals surface area contributed by atoms with Crippen molar-refractivity contribution in [3.8, 4) is 0 Å². The molecule has 1 N–H and O–H groups in total. The molecule has 1 aromatic rings. The van der Waals surface area contributed by atoms with E-state index in [4.69, 9.17) is 21.1 Å². The second-order valence-electron chi connectivity index (χ2n) is 9.15. The molecule has 3 fully saturated rings. The molecule has 2 unspecified atom stereocenters. The molecular formula is C26H31ClN2O6. The summed E-state index contributed by atoms with van der Waals surface area (Å²) in [6, 6.07) is 5.31. The molecule has 2 bridgehead atoms. The highest BCUT2D eigenvalue weighted by Gasteiger charge is 2.75. The van der Waals surface area contributed by atoms with Crippen molar-refractivity contribution in [3.63, 3.8) is 0 Å². The summed E-state index contributed by atoms with van der Waals surface area (Å²) < 4.78 is 11.7. The zero-order chi connectivity index (χ0) is 25.3. The van der Waals surface area contributed by atoms with Crippen LogP contribution in [0.5, 0.6) is 0 Å². The number of benzene rings is 1. The maximum atomic E-state index is 14.3. The Morgan fingerprint density at radius 2 is 2.11 bits per heavy atom. The number of likely N-dealkylation sites (tertiary alicyclic amines) is 1. The lowest BCUT2D eigenvalue weighted by Crippen LogP contribution is -2.59. The largest absolute Gasteiger partial charge is 0.461 e. The van der Waals surface area contributed by atoms with Crippen LogP contribution in [0, 0.1) is 11.8 Å². The second-order valence-corrected chi connectivity index (χ2v) is 9.56. The predicted molar refractivity (Wildman–Crippen MR) is 131 cm³/mol. The zero-order valence-corrected chi connectivity index (χ0v) is 20.5. The molecule has 3 saturated heterocycles. The van der Waals surface area contributed by atoms with Gasteiger partial charge < -0.3 is 24.4 Å². The lowest BCUT2D eigenvalue weighted by atomic mass is 9.70. The van der Waals surface area contributed by atoms with Crippen molar-refractivity contribution in [3.05, 3.63) is 54.6 Å². The van der Waals surface area contributed by atoms with E-state index >= 15 is 0 Å². The summed E-state index contributed by atoms with van der Waals surface area (Å²) in [5.41, 5.74) is -0.710. The molecule has 3 aliphatic heterocycles. The highest BCUT2D eigenvalue weighted by molar-refractivity contribution is 6.34. The first-order valence-electron chi connectivity index (χ1n) is 11.9. The number of aliphatic hydroxyl groups is 1. The van der Waals surface area contributed by atoms with Crippen LogP contribution in [0.2, 0.25) is 5.02 Å². The number of carbonyl (C=O) groups is 3. The Morgan fingerprint density at radius 3 is 2.74 bits per heavy atom. The first-order chi connectivity index (χ1) is 16.9. The van der Waals surface area contributed by atoms with Crippen molar-refractivity contribution in [1.82, 2.24) is 4.90 Å². The van der Waals surface area contributed by atoms with Crippen molar-refractivity contribution in [2.24, 2.45) is 11.8 Å². The minimum absolute atomic E-state index is 0.0237. The van der Waals surface area contributed by atoms with Crippen LogP contribution in [0.3, 0.4) is 0 Å². The van der Waals surface area contributed by atoms with Gasteiger partial charge in [0.15, 0.2) is 0 Å². The van der Waals surface area contributed by atoms with Gasteiger partial charge >= 0.3 is 5.97 Å². The molecule has 8 nitrogen and oxygen atoms in total. The first kappa shape index (κ1) is 25.4. The summed E-state index contributed by atoms with van der Waals surface area (Å²) in [4.78, 5) is 44.1.